The summed E-state index contributed by atoms with van der Waals surface area (Å²) < 4.78 is 62.6. The average Bonchev–Trinajstić information content (AvgIpc) is 3.59. The Balaban J connectivity index is 1.57. The van der Waals surface area contributed by atoms with E-state index in [0.29, 0.717) is 73.4 Å². The maximum atomic E-state index is 14.0. The Labute approximate surface area is 322 Å². The molecule has 290 valence electrons. The fraction of sp³-hybridized carbons (Fsp3) is 0.439. The molecule has 1 amide bonds. The molecular weight excluding hydrogens is 765 g/mol. The Morgan fingerprint density at radius 1 is 0.944 bits per heavy atom. The minimum Gasteiger partial charge on any atom is -0.493 e. The lowest BCUT2D eigenvalue weighted by atomic mass is 9.97. The summed E-state index contributed by atoms with van der Waals surface area (Å²) >= 11 is 3.49. The lowest BCUT2D eigenvalue weighted by Crippen LogP contribution is -2.34. The van der Waals surface area contributed by atoms with Crippen molar-refractivity contribution in [2.24, 2.45) is 7.05 Å². The topological polar surface area (TPSA) is 87.8 Å². The molecule has 0 aliphatic heterocycles. The minimum atomic E-state index is -4.49. The zero-order valence-corrected chi connectivity index (χ0v) is 33.3. The van der Waals surface area contributed by atoms with E-state index in [9.17, 15) is 22.8 Å². The van der Waals surface area contributed by atoms with Gasteiger partial charge in [-0.25, -0.2) is 9.59 Å². The summed E-state index contributed by atoms with van der Waals surface area (Å²) in [5, 5.41) is 7.40. The Morgan fingerprint density at radius 2 is 1.65 bits per heavy atom. The van der Waals surface area contributed by atoms with Crippen LogP contribution in [-0.2, 0) is 41.2 Å². The predicted molar refractivity (Wildman–Crippen MR) is 208 cm³/mol. The highest BCUT2D eigenvalue weighted by Crippen LogP contribution is 2.40. The van der Waals surface area contributed by atoms with Crippen molar-refractivity contribution in [3.8, 4) is 16.9 Å². The van der Waals surface area contributed by atoms with Crippen molar-refractivity contribution in [3.63, 3.8) is 0 Å². The van der Waals surface area contributed by atoms with E-state index < -0.39 is 30.3 Å². The van der Waals surface area contributed by atoms with Crippen LogP contribution in [0, 0.1) is 0 Å². The number of carbonyl (C=O) groups is 2. The first-order valence-corrected chi connectivity index (χ1v) is 19.3. The molecule has 0 bridgehead atoms. The molecule has 0 aliphatic rings. The number of alkyl halides is 4. The van der Waals surface area contributed by atoms with Crippen LogP contribution < -0.4 is 4.74 Å². The number of fused-ring (bicyclic) bond motifs is 2. The number of halogens is 4. The van der Waals surface area contributed by atoms with Gasteiger partial charge in [0, 0.05) is 54.4 Å². The molecular formula is C41H48BrF3N4O5. The van der Waals surface area contributed by atoms with Crippen molar-refractivity contribution < 1.29 is 37.0 Å². The third-order valence-electron chi connectivity index (χ3n) is 9.07. The summed E-state index contributed by atoms with van der Waals surface area (Å²) in [4.78, 5) is 28.1. The monoisotopic (exact) mass is 812 g/mol. The summed E-state index contributed by atoms with van der Waals surface area (Å²) in [7, 11) is 3.30. The van der Waals surface area contributed by atoms with Crippen LogP contribution in [0.3, 0.4) is 0 Å². The number of esters is 1. The van der Waals surface area contributed by atoms with Gasteiger partial charge in [-0.05, 0) is 70.4 Å². The van der Waals surface area contributed by atoms with Crippen molar-refractivity contribution in [2.45, 2.75) is 83.5 Å². The smallest absolute Gasteiger partial charge is 0.410 e. The third-order valence-corrected chi connectivity index (χ3v) is 9.60. The number of benzene rings is 3. The van der Waals surface area contributed by atoms with E-state index in [2.05, 4.69) is 21.0 Å². The van der Waals surface area contributed by atoms with E-state index in [1.54, 1.807) is 47.9 Å². The second-order valence-electron chi connectivity index (χ2n) is 14.3. The SMILES string of the molecule is CCOC(=O)c1c(CCCOc2cccc3ccccc23)c2cccc(-c3c(CC(F)(F)F)nn(C)c3CBr)c2n1CCCCN(C)C(=O)OC(C)(C)C. The van der Waals surface area contributed by atoms with Gasteiger partial charge in [-0.2, -0.15) is 18.3 Å². The van der Waals surface area contributed by atoms with Crippen molar-refractivity contribution in [2.75, 3.05) is 26.8 Å². The fourth-order valence-corrected chi connectivity index (χ4v) is 7.43. The number of rotatable bonds is 15. The number of aromatic nitrogens is 3. The Morgan fingerprint density at radius 3 is 2.35 bits per heavy atom. The van der Waals surface area contributed by atoms with Gasteiger partial charge in [-0.1, -0.05) is 70.5 Å². The highest BCUT2D eigenvalue weighted by Gasteiger charge is 2.34. The summed E-state index contributed by atoms with van der Waals surface area (Å²) in [5.74, 6) is 0.244. The van der Waals surface area contributed by atoms with Crippen molar-refractivity contribution in [3.05, 3.63) is 83.3 Å². The number of unbranched alkanes of at least 4 members (excludes halogenated alkanes) is 1. The fourth-order valence-electron chi connectivity index (χ4n) is 6.79. The Hall–Kier alpha value is -4.52. The number of carbonyl (C=O) groups excluding carboxylic acids is 2. The van der Waals surface area contributed by atoms with E-state index in [4.69, 9.17) is 14.2 Å². The molecule has 3 aromatic carbocycles. The van der Waals surface area contributed by atoms with Gasteiger partial charge in [0.15, 0.2) is 0 Å². The molecule has 0 spiro atoms. The number of aryl methyl sites for hydroxylation is 3. The van der Waals surface area contributed by atoms with Crippen molar-refractivity contribution in [1.29, 1.82) is 0 Å². The second kappa shape index (κ2) is 17.3. The van der Waals surface area contributed by atoms with Crippen molar-refractivity contribution in [1.82, 2.24) is 19.2 Å². The number of nitrogens with zero attached hydrogens (tertiary/aromatic N) is 4. The van der Waals surface area contributed by atoms with Gasteiger partial charge in [0.2, 0.25) is 0 Å². The molecule has 13 heteroatoms. The largest absolute Gasteiger partial charge is 0.493 e. The van der Waals surface area contributed by atoms with Crippen LogP contribution in [0.5, 0.6) is 5.75 Å². The van der Waals surface area contributed by atoms with Crippen molar-refractivity contribution >= 4 is 49.7 Å². The molecule has 0 saturated heterocycles. The maximum Gasteiger partial charge on any atom is 0.410 e. The summed E-state index contributed by atoms with van der Waals surface area (Å²) in [6.45, 7) is 8.41. The molecule has 0 fully saturated rings. The minimum absolute atomic E-state index is 0.0959. The maximum absolute atomic E-state index is 14.0. The quantitative estimate of drug-likeness (QED) is 0.0595. The van der Waals surface area contributed by atoms with E-state index in [-0.39, 0.29) is 17.6 Å². The molecule has 0 saturated carbocycles. The molecule has 5 rings (SSSR count). The van der Waals surface area contributed by atoms with Gasteiger partial charge >= 0.3 is 18.2 Å². The third kappa shape index (κ3) is 9.58. The number of hydrogen-bond acceptors (Lipinski definition) is 6. The van der Waals surface area contributed by atoms with Crippen LogP contribution in [0.25, 0.3) is 32.8 Å². The molecule has 0 radical (unpaired) electrons. The first-order chi connectivity index (χ1) is 25.6. The molecule has 2 heterocycles. The predicted octanol–water partition coefficient (Wildman–Crippen LogP) is 10.0. The molecule has 5 aromatic rings. The van der Waals surface area contributed by atoms with E-state index in [1.165, 1.54) is 9.58 Å². The lowest BCUT2D eigenvalue weighted by molar-refractivity contribution is -0.127. The van der Waals surface area contributed by atoms with Crippen LogP contribution in [0.1, 0.15) is 74.4 Å². The van der Waals surface area contributed by atoms with Crippen LogP contribution in [0.4, 0.5) is 18.0 Å². The zero-order chi connectivity index (χ0) is 39.2. The highest BCUT2D eigenvalue weighted by molar-refractivity contribution is 9.08. The zero-order valence-electron chi connectivity index (χ0n) is 31.7. The van der Waals surface area contributed by atoms with Gasteiger partial charge in [-0.15, -0.1) is 0 Å². The first kappa shape index (κ1) is 40.7. The van der Waals surface area contributed by atoms with E-state index >= 15 is 0 Å². The van der Waals surface area contributed by atoms with E-state index in [1.807, 2.05) is 59.2 Å². The van der Waals surface area contributed by atoms with Gasteiger partial charge in [0.1, 0.15) is 17.0 Å². The average molecular weight is 814 g/mol. The van der Waals surface area contributed by atoms with Crippen LogP contribution in [0.2, 0.25) is 0 Å². The van der Waals surface area contributed by atoms with Gasteiger partial charge < -0.3 is 23.7 Å². The number of para-hydroxylation sites is 1. The van der Waals surface area contributed by atoms with Gasteiger partial charge in [0.25, 0.3) is 0 Å². The summed E-state index contributed by atoms with van der Waals surface area (Å²) in [6, 6.07) is 19.4. The molecule has 2 aromatic heterocycles. The van der Waals surface area contributed by atoms with E-state index in [0.717, 1.165) is 27.5 Å². The molecule has 0 atom stereocenters. The molecule has 54 heavy (non-hydrogen) atoms. The normalized spacial score (nSPS) is 12.0. The van der Waals surface area contributed by atoms with Crippen LogP contribution in [0.15, 0.2) is 60.7 Å². The summed E-state index contributed by atoms with van der Waals surface area (Å²) in [6.07, 6.45) is -4.01. The molecule has 0 N–H and O–H groups in total. The lowest BCUT2D eigenvalue weighted by Gasteiger charge is -2.24. The van der Waals surface area contributed by atoms with Crippen LogP contribution in [-0.4, -0.2) is 69.9 Å². The molecule has 0 aliphatic carbocycles. The molecule has 9 nitrogen and oxygen atoms in total. The highest BCUT2D eigenvalue weighted by atomic mass is 79.9. The number of hydrogen-bond donors (Lipinski definition) is 0. The number of ether oxygens (including phenoxy) is 3. The standard InChI is InChI=1S/C41H48BrF3N4O5/c1-7-52-38(50)37-30(20-14-24-53-34-21-12-16-27-15-8-9-17-28(27)34)29-18-13-19-31(35-32(25-41(43,44)45)46-48(6)33(35)26-42)36(29)49(37)23-11-10-22-47(5)39(51)54-40(2,3)4/h8-9,12-13,15-19,21H,7,10-11,14,20,22-26H2,1-6H3. The first-order valence-electron chi connectivity index (χ1n) is 18.2. The molecule has 0 unspecified atom stereocenters. The van der Waals surface area contributed by atoms with Gasteiger partial charge in [-0.3, -0.25) is 4.68 Å². The van der Waals surface area contributed by atoms with Crippen LogP contribution >= 0.6 is 15.9 Å². The van der Waals surface area contributed by atoms with Gasteiger partial charge in [0.05, 0.1) is 36.5 Å². The number of amides is 1. The Kier molecular flexibility index (Phi) is 13.0. The Bertz CT molecular complexity index is 2100. The summed E-state index contributed by atoms with van der Waals surface area (Å²) in [5.41, 5.74) is 2.49. The second-order valence-corrected chi connectivity index (χ2v) is 14.8.